The maximum atomic E-state index is 6.11. The molecule has 4 aromatic rings. The van der Waals surface area contributed by atoms with E-state index in [0.29, 0.717) is 39.8 Å². The summed E-state index contributed by atoms with van der Waals surface area (Å²) >= 11 is 0. The van der Waals surface area contributed by atoms with E-state index in [-0.39, 0.29) is 0 Å². The van der Waals surface area contributed by atoms with Crippen LogP contribution in [0.3, 0.4) is 0 Å². The van der Waals surface area contributed by atoms with Gasteiger partial charge in [-0.25, -0.2) is 9.97 Å². The minimum Gasteiger partial charge on any atom is -0.493 e. The van der Waals surface area contributed by atoms with Crippen molar-refractivity contribution in [3.8, 4) is 23.1 Å². The molecule has 2 N–H and O–H groups in total. The second kappa shape index (κ2) is 5.42. The third-order valence-corrected chi connectivity index (χ3v) is 3.88. The smallest absolute Gasteiger partial charge is 0.198 e. The summed E-state index contributed by atoms with van der Waals surface area (Å²) < 4.78 is 16.5. The maximum absolute atomic E-state index is 6.11. The van der Waals surface area contributed by atoms with Gasteiger partial charge in [-0.15, -0.1) is 0 Å². The Hall–Kier alpha value is -3.28. The van der Waals surface area contributed by atoms with Gasteiger partial charge in [0.2, 0.25) is 0 Å². The summed E-state index contributed by atoms with van der Waals surface area (Å²) in [7, 11) is 3.15. The average molecular weight is 321 g/mol. The van der Waals surface area contributed by atoms with Gasteiger partial charge in [0, 0.05) is 16.8 Å². The first-order valence-corrected chi connectivity index (χ1v) is 7.38. The number of hydrogen-bond donors (Lipinski definition) is 1. The Kier molecular flexibility index (Phi) is 3.23. The number of nitrogens with two attached hydrogens (primary N) is 1. The highest BCUT2D eigenvalue weighted by Crippen LogP contribution is 2.35. The number of nitrogens with zero attached hydrogens (tertiary/aromatic N) is 2. The summed E-state index contributed by atoms with van der Waals surface area (Å²) in [5, 5.41) is 1.69. The fourth-order valence-corrected chi connectivity index (χ4v) is 2.68. The molecule has 2 heterocycles. The van der Waals surface area contributed by atoms with E-state index >= 15 is 0 Å². The van der Waals surface area contributed by atoms with Crippen molar-refractivity contribution in [2.75, 3.05) is 20.0 Å². The molecule has 24 heavy (non-hydrogen) atoms. The number of methoxy groups -OCH3 is 2. The number of aromatic nitrogens is 2. The molecular formula is C18H15N3O3. The molecule has 0 radical (unpaired) electrons. The highest BCUT2D eigenvalue weighted by molar-refractivity contribution is 5.92. The number of nitrogen functional groups attached to an aromatic ring is 1. The number of ether oxygens (including phenoxy) is 2. The SMILES string of the molecule is COc1cc2nc(-c3cc4ccccc4o3)nc(N)c2cc1OC. The fraction of sp³-hybridized carbons (Fsp3) is 0.111. The van der Waals surface area contributed by atoms with Crippen LogP contribution in [0.5, 0.6) is 11.5 Å². The molecule has 0 fully saturated rings. The van der Waals surface area contributed by atoms with Crippen LogP contribution in [0.4, 0.5) is 5.82 Å². The van der Waals surface area contributed by atoms with E-state index in [1.165, 1.54) is 0 Å². The van der Waals surface area contributed by atoms with Crippen molar-refractivity contribution < 1.29 is 13.9 Å². The first kappa shape index (κ1) is 14.3. The molecule has 6 nitrogen and oxygen atoms in total. The van der Waals surface area contributed by atoms with Crippen LogP contribution in [0.25, 0.3) is 33.5 Å². The van der Waals surface area contributed by atoms with Gasteiger partial charge >= 0.3 is 0 Å². The number of furan rings is 1. The number of fused-ring (bicyclic) bond motifs is 2. The zero-order chi connectivity index (χ0) is 16.7. The van der Waals surface area contributed by atoms with Crippen LogP contribution in [0.15, 0.2) is 46.9 Å². The molecule has 4 rings (SSSR count). The molecule has 6 heteroatoms. The zero-order valence-electron chi connectivity index (χ0n) is 13.2. The Morgan fingerprint density at radius 3 is 2.46 bits per heavy atom. The molecule has 0 unspecified atom stereocenters. The lowest BCUT2D eigenvalue weighted by Gasteiger charge is -2.10. The van der Waals surface area contributed by atoms with E-state index in [1.807, 2.05) is 30.3 Å². The molecule has 0 aliphatic carbocycles. The molecule has 0 aliphatic rings. The van der Waals surface area contributed by atoms with Crippen molar-refractivity contribution in [3.63, 3.8) is 0 Å². The summed E-state index contributed by atoms with van der Waals surface area (Å²) in [5.74, 6) is 2.52. The molecule has 0 saturated heterocycles. The molecule has 2 aromatic carbocycles. The Labute approximate surface area is 137 Å². The Morgan fingerprint density at radius 2 is 1.71 bits per heavy atom. The largest absolute Gasteiger partial charge is 0.493 e. The summed E-state index contributed by atoms with van der Waals surface area (Å²) in [5.41, 5.74) is 7.56. The van der Waals surface area contributed by atoms with E-state index in [9.17, 15) is 0 Å². The standard InChI is InChI=1S/C18H15N3O3/c1-22-14-8-11-12(9-15(14)23-2)20-18(21-17(11)19)16-7-10-5-3-4-6-13(10)24-16/h3-9H,1-2H3,(H2,19,20,21). The highest BCUT2D eigenvalue weighted by atomic mass is 16.5. The lowest BCUT2D eigenvalue weighted by Crippen LogP contribution is -1.99. The topological polar surface area (TPSA) is 83.4 Å². The van der Waals surface area contributed by atoms with Crippen LogP contribution in [0, 0.1) is 0 Å². The van der Waals surface area contributed by atoms with Gasteiger partial charge in [-0.1, -0.05) is 18.2 Å². The quantitative estimate of drug-likeness (QED) is 0.620. The van der Waals surface area contributed by atoms with Gasteiger partial charge in [0.05, 0.1) is 19.7 Å². The first-order chi connectivity index (χ1) is 11.7. The van der Waals surface area contributed by atoms with E-state index in [0.717, 1.165) is 11.0 Å². The average Bonchev–Trinajstić information content (AvgIpc) is 3.04. The summed E-state index contributed by atoms with van der Waals surface area (Å²) in [6.07, 6.45) is 0. The van der Waals surface area contributed by atoms with E-state index in [2.05, 4.69) is 9.97 Å². The molecule has 0 aliphatic heterocycles. The van der Waals surface area contributed by atoms with Gasteiger partial charge < -0.3 is 19.6 Å². The normalized spacial score (nSPS) is 11.1. The number of para-hydroxylation sites is 1. The lowest BCUT2D eigenvalue weighted by atomic mass is 10.2. The summed E-state index contributed by atoms with van der Waals surface area (Å²) in [6.45, 7) is 0. The van der Waals surface area contributed by atoms with Crippen LogP contribution in [0.2, 0.25) is 0 Å². The van der Waals surface area contributed by atoms with Crippen LogP contribution in [-0.4, -0.2) is 24.2 Å². The van der Waals surface area contributed by atoms with Crippen molar-refractivity contribution in [3.05, 3.63) is 42.5 Å². The van der Waals surface area contributed by atoms with Gasteiger partial charge in [-0.3, -0.25) is 0 Å². The highest BCUT2D eigenvalue weighted by Gasteiger charge is 2.15. The molecular weight excluding hydrogens is 306 g/mol. The van der Waals surface area contributed by atoms with Crippen molar-refractivity contribution >= 4 is 27.7 Å². The third kappa shape index (κ3) is 2.20. The van der Waals surface area contributed by atoms with Crippen LogP contribution in [0.1, 0.15) is 0 Å². The van der Waals surface area contributed by atoms with Gasteiger partial charge in [0.15, 0.2) is 23.1 Å². The Bertz CT molecular complexity index is 1020. The monoisotopic (exact) mass is 321 g/mol. The third-order valence-electron chi connectivity index (χ3n) is 3.88. The predicted molar refractivity (Wildman–Crippen MR) is 92.3 cm³/mol. The molecule has 2 aromatic heterocycles. The van der Waals surface area contributed by atoms with Crippen LogP contribution in [-0.2, 0) is 0 Å². The summed E-state index contributed by atoms with van der Waals surface area (Å²) in [6, 6.07) is 13.2. The van der Waals surface area contributed by atoms with Gasteiger partial charge in [-0.2, -0.15) is 0 Å². The van der Waals surface area contributed by atoms with Crippen LogP contribution >= 0.6 is 0 Å². The van der Waals surface area contributed by atoms with E-state index < -0.39 is 0 Å². The van der Waals surface area contributed by atoms with Crippen molar-refractivity contribution in [2.24, 2.45) is 0 Å². The number of rotatable bonds is 3. The number of hydrogen-bond acceptors (Lipinski definition) is 6. The Balaban J connectivity index is 1.93. The van der Waals surface area contributed by atoms with Gasteiger partial charge in [0.25, 0.3) is 0 Å². The molecule has 0 amide bonds. The molecule has 0 bridgehead atoms. The van der Waals surface area contributed by atoms with Gasteiger partial charge in [0.1, 0.15) is 11.4 Å². The molecule has 0 saturated carbocycles. The van der Waals surface area contributed by atoms with Crippen molar-refractivity contribution in [1.29, 1.82) is 0 Å². The summed E-state index contributed by atoms with van der Waals surface area (Å²) in [4.78, 5) is 8.94. The van der Waals surface area contributed by atoms with Crippen LogP contribution < -0.4 is 15.2 Å². The first-order valence-electron chi connectivity index (χ1n) is 7.38. The number of benzene rings is 2. The van der Waals surface area contributed by atoms with Crippen molar-refractivity contribution in [1.82, 2.24) is 9.97 Å². The molecule has 0 atom stereocenters. The number of anilines is 1. The Morgan fingerprint density at radius 1 is 0.958 bits per heavy atom. The zero-order valence-corrected chi connectivity index (χ0v) is 13.2. The second-order valence-electron chi connectivity index (χ2n) is 5.31. The van der Waals surface area contributed by atoms with Crippen molar-refractivity contribution in [2.45, 2.75) is 0 Å². The van der Waals surface area contributed by atoms with E-state index in [1.54, 1.807) is 26.4 Å². The maximum Gasteiger partial charge on any atom is 0.198 e. The minimum absolute atomic E-state index is 0.358. The fourth-order valence-electron chi connectivity index (χ4n) is 2.68. The minimum atomic E-state index is 0.358. The van der Waals surface area contributed by atoms with Gasteiger partial charge in [-0.05, 0) is 18.2 Å². The lowest BCUT2D eigenvalue weighted by molar-refractivity contribution is 0.356. The predicted octanol–water partition coefficient (Wildman–Crippen LogP) is 3.64. The molecule has 0 spiro atoms. The molecule has 120 valence electrons. The van der Waals surface area contributed by atoms with E-state index in [4.69, 9.17) is 19.6 Å². The second-order valence-corrected chi connectivity index (χ2v) is 5.31.